The molecule has 0 unspecified atom stereocenters. The maximum absolute atomic E-state index is 13.2. The molecule has 0 saturated carbocycles. The maximum atomic E-state index is 13.2. The lowest BCUT2D eigenvalue weighted by Gasteiger charge is -2.36. The van der Waals surface area contributed by atoms with E-state index in [4.69, 9.17) is 14.7 Å². The van der Waals surface area contributed by atoms with Crippen molar-refractivity contribution in [2.24, 2.45) is 0 Å². The van der Waals surface area contributed by atoms with Gasteiger partial charge in [-0.15, -0.1) is 0 Å². The molecule has 5 rings (SSSR count). The smallest absolute Gasteiger partial charge is 0.225 e. The van der Waals surface area contributed by atoms with E-state index in [1.165, 1.54) is 29.0 Å². The van der Waals surface area contributed by atoms with Crippen LogP contribution in [0.15, 0.2) is 54.7 Å². The van der Waals surface area contributed by atoms with E-state index in [1.54, 1.807) is 0 Å². The third-order valence-electron chi connectivity index (χ3n) is 6.37. The summed E-state index contributed by atoms with van der Waals surface area (Å²) in [7, 11) is 0. The van der Waals surface area contributed by atoms with Gasteiger partial charge in [0.05, 0.1) is 12.3 Å². The third-order valence-corrected chi connectivity index (χ3v) is 6.37. The molecule has 2 aromatic carbocycles. The van der Waals surface area contributed by atoms with E-state index in [0.717, 1.165) is 69.6 Å². The van der Waals surface area contributed by atoms with Gasteiger partial charge in [0.2, 0.25) is 5.95 Å². The summed E-state index contributed by atoms with van der Waals surface area (Å²) in [5.41, 5.74) is 4.71. The van der Waals surface area contributed by atoms with Crippen LogP contribution in [0.4, 0.5) is 16.0 Å². The van der Waals surface area contributed by atoms with Crippen LogP contribution in [0, 0.1) is 5.82 Å². The van der Waals surface area contributed by atoms with Gasteiger partial charge in [-0.05, 0) is 48.9 Å². The normalized spacial score (nSPS) is 16.5. The molecule has 2 aliphatic rings. The molecule has 7 heteroatoms. The zero-order chi connectivity index (χ0) is 22.6. The predicted octanol–water partition coefficient (Wildman–Crippen LogP) is 3.90. The molecule has 2 aliphatic heterocycles. The second-order valence-electron chi connectivity index (χ2n) is 8.63. The highest BCUT2D eigenvalue weighted by Gasteiger charge is 2.23. The molecule has 0 aliphatic carbocycles. The van der Waals surface area contributed by atoms with Crippen LogP contribution in [0.2, 0.25) is 0 Å². The summed E-state index contributed by atoms with van der Waals surface area (Å²) in [6, 6.07) is 15.1. The maximum Gasteiger partial charge on any atom is 0.225 e. The van der Waals surface area contributed by atoms with Gasteiger partial charge in [-0.25, -0.2) is 14.4 Å². The molecule has 3 heterocycles. The van der Waals surface area contributed by atoms with Crippen molar-refractivity contribution in [1.29, 1.82) is 0 Å². The Hall–Kier alpha value is -3.19. The first-order valence-electron chi connectivity index (χ1n) is 11.7. The second-order valence-corrected chi connectivity index (χ2v) is 8.63. The molecule has 0 amide bonds. The topological polar surface area (TPSA) is 44.7 Å². The van der Waals surface area contributed by atoms with Gasteiger partial charge in [0.1, 0.15) is 11.6 Å². The largest absolute Gasteiger partial charge is 0.494 e. The molecular weight excluding hydrogens is 417 g/mol. The number of ether oxygens (including phenoxy) is 1. The molecule has 1 saturated heterocycles. The molecule has 172 valence electrons. The Morgan fingerprint density at radius 1 is 0.970 bits per heavy atom. The van der Waals surface area contributed by atoms with Crippen molar-refractivity contribution >= 4 is 11.6 Å². The van der Waals surface area contributed by atoms with E-state index in [1.807, 2.05) is 31.3 Å². The number of nitrogens with zero attached hydrogens (tertiary/aromatic N) is 5. The van der Waals surface area contributed by atoms with Crippen molar-refractivity contribution < 1.29 is 9.13 Å². The monoisotopic (exact) mass is 447 g/mol. The number of benzene rings is 2. The number of piperazine rings is 1. The SMILES string of the molecule is CCOc1cccc(CN2CCc3nc(N4CCN(c5ccc(F)cc5)CC4)ncc3C2)c1. The van der Waals surface area contributed by atoms with Gasteiger partial charge in [-0.1, -0.05) is 12.1 Å². The molecule has 0 radical (unpaired) electrons. The Kier molecular flexibility index (Phi) is 6.39. The van der Waals surface area contributed by atoms with Crippen LogP contribution in [0.25, 0.3) is 0 Å². The quantitative estimate of drug-likeness (QED) is 0.571. The summed E-state index contributed by atoms with van der Waals surface area (Å²) in [6.07, 6.45) is 2.94. The van der Waals surface area contributed by atoms with Gasteiger partial charge >= 0.3 is 0 Å². The molecular formula is C26H30FN5O. The van der Waals surface area contributed by atoms with Crippen molar-refractivity contribution in [1.82, 2.24) is 14.9 Å². The first-order valence-corrected chi connectivity index (χ1v) is 11.7. The third kappa shape index (κ3) is 5.09. The number of anilines is 2. The Labute approximate surface area is 194 Å². The van der Waals surface area contributed by atoms with Gasteiger partial charge in [-0.2, -0.15) is 0 Å². The Morgan fingerprint density at radius 2 is 1.76 bits per heavy atom. The molecule has 0 bridgehead atoms. The van der Waals surface area contributed by atoms with Crippen molar-refractivity contribution in [2.75, 3.05) is 49.1 Å². The Balaban J connectivity index is 1.19. The summed E-state index contributed by atoms with van der Waals surface area (Å²) in [6.45, 7) is 8.91. The van der Waals surface area contributed by atoms with E-state index < -0.39 is 0 Å². The minimum atomic E-state index is -0.197. The molecule has 1 fully saturated rings. The summed E-state index contributed by atoms with van der Waals surface area (Å²) >= 11 is 0. The van der Waals surface area contributed by atoms with Crippen LogP contribution in [-0.4, -0.2) is 54.2 Å². The summed E-state index contributed by atoms with van der Waals surface area (Å²) in [4.78, 5) is 16.6. The first-order chi connectivity index (χ1) is 16.2. The number of fused-ring (bicyclic) bond motifs is 1. The fourth-order valence-electron chi connectivity index (χ4n) is 4.63. The first kappa shape index (κ1) is 21.6. The van der Waals surface area contributed by atoms with Crippen LogP contribution in [0.1, 0.15) is 23.7 Å². The van der Waals surface area contributed by atoms with Crippen molar-refractivity contribution in [3.05, 3.63) is 77.4 Å². The predicted molar refractivity (Wildman–Crippen MR) is 128 cm³/mol. The summed E-state index contributed by atoms with van der Waals surface area (Å²) in [5, 5.41) is 0. The Bertz CT molecular complexity index is 1080. The number of hydrogen-bond donors (Lipinski definition) is 0. The van der Waals surface area contributed by atoms with Gasteiger partial charge < -0.3 is 14.5 Å². The van der Waals surface area contributed by atoms with Crippen LogP contribution >= 0.6 is 0 Å². The van der Waals surface area contributed by atoms with E-state index in [2.05, 4.69) is 32.9 Å². The highest BCUT2D eigenvalue weighted by Crippen LogP contribution is 2.24. The molecule has 0 N–H and O–H groups in total. The standard InChI is InChI=1S/C26H30FN5O/c1-2-33-24-5-3-4-20(16-24)18-30-11-10-25-21(19-30)17-28-26(29-25)32-14-12-31(13-15-32)23-8-6-22(27)7-9-23/h3-9,16-17H,2,10-15,18-19H2,1H3. The average Bonchev–Trinajstić information content (AvgIpc) is 2.85. The van der Waals surface area contributed by atoms with E-state index in [-0.39, 0.29) is 5.82 Å². The van der Waals surface area contributed by atoms with E-state index >= 15 is 0 Å². The lowest BCUT2D eigenvalue weighted by molar-refractivity contribution is 0.242. The van der Waals surface area contributed by atoms with Gasteiger partial charge in [-0.3, -0.25) is 4.90 Å². The van der Waals surface area contributed by atoms with E-state index in [9.17, 15) is 4.39 Å². The molecule has 0 atom stereocenters. The van der Waals surface area contributed by atoms with Crippen molar-refractivity contribution in [3.63, 3.8) is 0 Å². The zero-order valence-electron chi connectivity index (χ0n) is 19.1. The molecule has 0 spiro atoms. The van der Waals surface area contributed by atoms with Crippen molar-refractivity contribution in [3.8, 4) is 5.75 Å². The summed E-state index contributed by atoms with van der Waals surface area (Å²) in [5.74, 6) is 1.56. The molecule has 6 nitrogen and oxygen atoms in total. The van der Waals surface area contributed by atoms with Crippen LogP contribution in [-0.2, 0) is 19.5 Å². The molecule has 3 aromatic rings. The highest BCUT2D eigenvalue weighted by atomic mass is 19.1. The lowest BCUT2D eigenvalue weighted by Crippen LogP contribution is -2.47. The van der Waals surface area contributed by atoms with E-state index in [0.29, 0.717) is 6.61 Å². The summed E-state index contributed by atoms with van der Waals surface area (Å²) < 4.78 is 18.8. The van der Waals surface area contributed by atoms with Crippen LogP contribution in [0.5, 0.6) is 5.75 Å². The minimum Gasteiger partial charge on any atom is -0.494 e. The van der Waals surface area contributed by atoms with Gasteiger partial charge in [0.25, 0.3) is 0 Å². The molecule has 33 heavy (non-hydrogen) atoms. The fraction of sp³-hybridized carbons (Fsp3) is 0.385. The zero-order valence-corrected chi connectivity index (χ0v) is 19.1. The van der Waals surface area contributed by atoms with Crippen LogP contribution < -0.4 is 14.5 Å². The van der Waals surface area contributed by atoms with Gasteiger partial charge in [0.15, 0.2) is 0 Å². The number of hydrogen-bond acceptors (Lipinski definition) is 6. The average molecular weight is 448 g/mol. The van der Waals surface area contributed by atoms with Crippen LogP contribution in [0.3, 0.4) is 0 Å². The second kappa shape index (κ2) is 9.75. The number of aromatic nitrogens is 2. The minimum absolute atomic E-state index is 0.197. The number of halogens is 1. The van der Waals surface area contributed by atoms with Gasteiger partial charge in [0, 0.05) is 69.7 Å². The lowest BCUT2D eigenvalue weighted by atomic mass is 10.1. The van der Waals surface area contributed by atoms with Crippen molar-refractivity contribution in [2.45, 2.75) is 26.4 Å². The Morgan fingerprint density at radius 3 is 2.55 bits per heavy atom. The fourth-order valence-corrected chi connectivity index (χ4v) is 4.63. The highest BCUT2D eigenvalue weighted by molar-refractivity contribution is 5.48. The number of rotatable bonds is 6. The molecule has 1 aromatic heterocycles.